The molecular weight excluding hydrogens is 384 g/mol. The van der Waals surface area contributed by atoms with Gasteiger partial charge < -0.3 is 9.88 Å². The number of pyridine rings is 1. The van der Waals surface area contributed by atoms with Gasteiger partial charge >= 0.3 is 0 Å². The van der Waals surface area contributed by atoms with Crippen LogP contribution >= 0.6 is 11.8 Å². The van der Waals surface area contributed by atoms with Crippen molar-refractivity contribution < 1.29 is 4.90 Å². The molecule has 1 fully saturated rings. The monoisotopic (exact) mass is 413 g/mol. The number of thioether (sulfide) groups is 1. The molecule has 2 N–H and O–H groups in total. The molecule has 8 heteroatoms. The number of rotatable bonds is 5. The Morgan fingerprint density at radius 3 is 2.76 bits per heavy atom. The third-order valence-corrected chi connectivity index (χ3v) is 7.06. The van der Waals surface area contributed by atoms with Gasteiger partial charge in [0.05, 0.1) is 24.2 Å². The van der Waals surface area contributed by atoms with E-state index >= 15 is 0 Å². The van der Waals surface area contributed by atoms with E-state index in [4.69, 9.17) is 0 Å². The van der Waals surface area contributed by atoms with Crippen LogP contribution in [0.25, 0.3) is 10.9 Å². The minimum absolute atomic E-state index is 0.0547. The van der Waals surface area contributed by atoms with E-state index in [0.29, 0.717) is 0 Å². The summed E-state index contributed by atoms with van der Waals surface area (Å²) in [6, 6.07) is 7.96. The second-order valence-corrected chi connectivity index (χ2v) is 9.69. The van der Waals surface area contributed by atoms with Crippen LogP contribution in [0.15, 0.2) is 29.1 Å². The number of nitrogens with one attached hydrogen (secondary N) is 2. The lowest BCUT2D eigenvalue weighted by Crippen LogP contribution is -3.14. The minimum Gasteiger partial charge on any atom is -0.321 e. The summed E-state index contributed by atoms with van der Waals surface area (Å²) >= 11 is 1.97. The first kappa shape index (κ1) is 20.1. The van der Waals surface area contributed by atoms with Crippen molar-refractivity contribution in [1.29, 1.82) is 0 Å². The van der Waals surface area contributed by atoms with Crippen LogP contribution in [0.5, 0.6) is 0 Å². The van der Waals surface area contributed by atoms with Crippen molar-refractivity contribution >= 4 is 22.7 Å². The van der Waals surface area contributed by atoms with Gasteiger partial charge in [0.1, 0.15) is 0 Å². The molecule has 1 aliphatic heterocycles. The number of quaternary nitrogens is 1. The molecule has 0 unspecified atom stereocenters. The van der Waals surface area contributed by atoms with Crippen LogP contribution in [0.1, 0.15) is 50.2 Å². The minimum atomic E-state index is -0.221. The predicted molar refractivity (Wildman–Crippen MR) is 117 cm³/mol. The molecule has 0 bridgehead atoms. The number of hydrogen-bond donors (Lipinski definition) is 2. The van der Waals surface area contributed by atoms with Crippen LogP contribution in [0.3, 0.4) is 0 Å². The van der Waals surface area contributed by atoms with E-state index in [1.165, 1.54) is 10.5 Å². The van der Waals surface area contributed by atoms with Gasteiger partial charge in [-0.25, -0.2) is 4.68 Å². The van der Waals surface area contributed by atoms with Crippen molar-refractivity contribution in [3.8, 4) is 0 Å². The number of H-pyrrole nitrogens is 1. The quantitative estimate of drug-likeness (QED) is 0.665. The first-order valence-corrected chi connectivity index (χ1v) is 11.4. The molecule has 0 aliphatic carbocycles. The number of tetrazole rings is 1. The first-order valence-electron chi connectivity index (χ1n) is 10.3. The molecule has 0 saturated carbocycles. The number of aryl methyl sites for hydroxylation is 1. The summed E-state index contributed by atoms with van der Waals surface area (Å²) < 4.78 is 1.92. The number of nitrogens with zero attached hydrogens (tertiary/aromatic N) is 4. The largest absolute Gasteiger partial charge is 0.321 e. The molecule has 0 amide bonds. The number of hydrogen-bond acceptors (Lipinski definition) is 5. The lowest BCUT2D eigenvalue weighted by Gasteiger charge is -2.32. The topological polar surface area (TPSA) is 80.9 Å². The molecule has 1 atom stereocenters. The van der Waals surface area contributed by atoms with E-state index in [1.807, 2.05) is 34.6 Å². The highest BCUT2D eigenvalue weighted by molar-refractivity contribution is 7.99. The van der Waals surface area contributed by atoms with Gasteiger partial charge in [-0.05, 0) is 61.2 Å². The fraction of sp³-hybridized carbons (Fsp3) is 0.524. The summed E-state index contributed by atoms with van der Waals surface area (Å²) in [6.07, 6.45) is 0.899. The highest BCUT2D eigenvalue weighted by atomic mass is 32.2. The van der Waals surface area contributed by atoms with Gasteiger partial charge in [-0.15, -0.1) is 5.10 Å². The van der Waals surface area contributed by atoms with Crippen molar-refractivity contribution in [2.45, 2.75) is 45.7 Å². The Morgan fingerprint density at radius 2 is 2.03 bits per heavy atom. The molecule has 1 saturated heterocycles. The van der Waals surface area contributed by atoms with Crippen LogP contribution in [-0.2, 0) is 5.54 Å². The maximum atomic E-state index is 13.2. The van der Waals surface area contributed by atoms with Gasteiger partial charge in [0.25, 0.3) is 5.56 Å². The second kappa shape index (κ2) is 7.91. The molecule has 0 radical (unpaired) electrons. The van der Waals surface area contributed by atoms with Crippen molar-refractivity contribution in [2.24, 2.45) is 0 Å². The zero-order valence-corrected chi connectivity index (χ0v) is 18.3. The average Bonchev–Trinajstić information content (AvgIpc) is 3.20. The molecular formula is C21H29N6OS+. The highest BCUT2D eigenvalue weighted by Gasteiger charge is 2.37. The first-order chi connectivity index (χ1) is 13.9. The van der Waals surface area contributed by atoms with Crippen LogP contribution in [0.2, 0.25) is 0 Å². The van der Waals surface area contributed by atoms with Crippen molar-refractivity contribution in [3.63, 3.8) is 0 Å². The zero-order chi connectivity index (χ0) is 20.6. The fourth-order valence-electron chi connectivity index (χ4n) is 3.98. The number of aromatic amines is 1. The Bertz CT molecular complexity index is 1070. The van der Waals surface area contributed by atoms with Crippen molar-refractivity contribution in [1.82, 2.24) is 25.2 Å². The van der Waals surface area contributed by atoms with E-state index in [0.717, 1.165) is 53.3 Å². The molecule has 3 heterocycles. The van der Waals surface area contributed by atoms with Crippen LogP contribution in [-0.4, -0.2) is 49.8 Å². The van der Waals surface area contributed by atoms with Gasteiger partial charge in [0.2, 0.25) is 5.82 Å². The maximum absolute atomic E-state index is 13.2. The SMILES string of the molecule is CCC(C)(C)n1nnnc1[C@H](c1cc2cc(C)ccc2[nH]c1=O)[NH+]1CCSCC1. The normalized spacial score (nSPS) is 17.0. The van der Waals surface area contributed by atoms with Crippen molar-refractivity contribution in [2.75, 3.05) is 24.6 Å². The number of benzene rings is 1. The van der Waals surface area contributed by atoms with Gasteiger partial charge in [-0.2, -0.15) is 11.8 Å². The standard InChI is InChI=1S/C21H28N6OS/c1-5-21(3,4)27-19(23-24-25-27)18(26-8-10-29-11-9-26)16-13-15-12-14(2)6-7-17(15)22-20(16)28/h6-7,12-13,18H,5,8-11H2,1-4H3,(H,22,28)/p+1/t18-/m0/s1. The van der Waals surface area contributed by atoms with Crippen LogP contribution in [0.4, 0.5) is 0 Å². The summed E-state index contributed by atoms with van der Waals surface area (Å²) in [5, 5.41) is 13.8. The molecule has 1 aliphatic rings. The van der Waals surface area contributed by atoms with Gasteiger partial charge in [0.15, 0.2) is 6.04 Å². The third kappa shape index (κ3) is 3.83. The molecule has 3 aromatic rings. The lowest BCUT2D eigenvalue weighted by molar-refractivity contribution is -0.923. The second-order valence-electron chi connectivity index (χ2n) is 8.46. The molecule has 0 spiro atoms. The highest BCUT2D eigenvalue weighted by Crippen LogP contribution is 2.25. The number of aromatic nitrogens is 5. The molecule has 29 heavy (non-hydrogen) atoms. The van der Waals surface area contributed by atoms with E-state index in [9.17, 15) is 4.79 Å². The van der Waals surface area contributed by atoms with E-state index < -0.39 is 0 Å². The van der Waals surface area contributed by atoms with Crippen LogP contribution < -0.4 is 10.5 Å². The van der Waals surface area contributed by atoms with Crippen LogP contribution in [0, 0.1) is 6.92 Å². The lowest BCUT2D eigenvalue weighted by atomic mass is 9.99. The Labute approximate surface area is 174 Å². The zero-order valence-electron chi connectivity index (χ0n) is 17.5. The Kier molecular flexibility index (Phi) is 5.48. The van der Waals surface area contributed by atoms with E-state index in [-0.39, 0.29) is 17.1 Å². The summed E-state index contributed by atoms with van der Waals surface area (Å²) in [5.41, 5.74) is 2.50. The summed E-state index contributed by atoms with van der Waals surface area (Å²) in [4.78, 5) is 17.6. The summed E-state index contributed by atoms with van der Waals surface area (Å²) in [7, 11) is 0. The maximum Gasteiger partial charge on any atom is 0.258 e. The van der Waals surface area contributed by atoms with E-state index in [1.54, 1.807) is 0 Å². The number of fused-ring (bicyclic) bond motifs is 1. The van der Waals surface area contributed by atoms with Gasteiger partial charge in [-0.1, -0.05) is 18.6 Å². The molecule has 7 nitrogen and oxygen atoms in total. The predicted octanol–water partition coefficient (Wildman–Crippen LogP) is 1.69. The summed E-state index contributed by atoms with van der Waals surface area (Å²) in [5.74, 6) is 2.93. The Hall–Kier alpha value is -2.19. The smallest absolute Gasteiger partial charge is 0.258 e. The Morgan fingerprint density at radius 1 is 1.28 bits per heavy atom. The third-order valence-electron chi connectivity index (χ3n) is 6.07. The van der Waals surface area contributed by atoms with Gasteiger partial charge in [-0.3, -0.25) is 4.79 Å². The van der Waals surface area contributed by atoms with Gasteiger partial charge in [0, 0.05) is 17.0 Å². The van der Waals surface area contributed by atoms with Crippen molar-refractivity contribution in [3.05, 3.63) is 51.6 Å². The molecule has 4 rings (SSSR count). The average molecular weight is 414 g/mol. The molecule has 154 valence electrons. The molecule has 1 aromatic carbocycles. The fourth-order valence-corrected chi connectivity index (χ4v) is 4.99. The summed E-state index contributed by atoms with van der Waals surface area (Å²) in [6.45, 7) is 10.5. The van der Waals surface area contributed by atoms with E-state index in [2.05, 4.69) is 54.3 Å². The Balaban J connectivity index is 1.91. The molecule has 2 aromatic heterocycles.